The number of benzene rings is 7. The molecule has 0 heterocycles. The lowest BCUT2D eigenvalue weighted by Crippen LogP contribution is -2.29. The highest BCUT2D eigenvalue weighted by Gasteiger charge is 2.36. The molecule has 0 amide bonds. The van der Waals surface area contributed by atoms with Crippen molar-refractivity contribution in [2.45, 2.75) is 67.6 Å². The van der Waals surface area contributed by atoms with Crippen LogP contribution in [0.25, 0.3) is 0 Å². The van der Waals surface area contributed by atoms with Crippen molar-refractivity contribution in [3.05, 3.63) is 251 Å². The van der Waals surface area contributed by atoms with Crippen molar-refractivity contribution < 1.29 is 0 Å². The normalized spacial score (nSPS) is 12.7. The van der Waals surface area contributed by atoms with Gasteiger partial charge in [0.2, 0.25) is 0 Å². The van der Waals surface area contributed by atoms with E-state index >= 15 is 0 Å². The molecule has 2 unspecified atom stereocenters. The predicted octanol–water partition coefficient (Wildman–Crippen LogP) is 15.2. The molecule has 0 nitrogen and oxygen atoms in total. The molecule has 0 aliphatic heterocycles. The number of unbranched alkanes of at least 4 members (excludes halogenated alkanes) is 4. The second kappa shape index (κ2) is 21.2. The van der Waals surface area contributed by atoms with Gasteiger partial charge >= 0.3 is 0 Å². The van der Waals surface area contributed by atoms with Crippen LogP contribution in [0.2, 0.25) is 0 Å². The molecule has 0 fully saturated rings. The summed E-state index contributed by atoms with van der Waals surface area (Å²) in [6.07, 6.45) is 12.4. The molecule has 0 aromatic heterocycles. The monoisotopic (exact) mass is 780 g/mol. The molecule has 0 spiro atoms. The Morgan fingerprint density at radius 2 is 0.526 bits per heavy atom. The first-order chi connectivity index (χ1) is 28.3. The van der Waals surface area contributed by atoms with Crippen LogP contribution in [0.1, 0.15) is 95.7 Å². The molecule has 7 aromatic carbocycles. The van der Waals surface area contributed by atoms with Crippen LogP contribution in [-0.2, 0) is 10.8 Å². The highest BCUT2D eigenvalue weighted by molar-refractivity contribution is 7.56. The third-order valence-electron chi connectivity index (χ3n) is 11.9. The van der Waals surface area contributed by atoms with Gasteiger partial charge in [-0.2, -0.15) is 0 Å². The first-order valence-electron chi connectivity index (χ1n) is 21.2. The van der Waals surface area contributed by atoms with Gasteiger partial charge < -0.3 is 0 Å². The van der Waals surface area contributed by atoms with E-state index in [-0.39, 0.29) is 10.8 Å². The average molecular weight is 781 g/mol. The first-order valence-corrected chi connectivity index (χ1v) is 23.7. The van der Waals surface area contributed by atoms with E-state index in [2.05, 4.69) is 212 Å². The smallest absolute Gasteiger partial charge is 0.0451 e. The lowest BCUT2D eigenvalue weighted by molar-refractivity contribution is 0.515. The molecule has 57 heavy (non-hydrogen) atoms. The molecular weight excluding hydrogens is 723 g/mol. The maximum Gasteiger partial charge on any atom is 0.0451 e. The third-order valence-corrected chi connectivity index (χ3v) is 15.9. The van der Waals surface area contributed by atoms with Crippen LogP contribution >= 0.6 is 17.2 Å². The molecule has 0 aliphatic carbocycles. The van der Waals surface area contributed by atoms with Crippen molar-refractivity contribution in [1.82, 2.24) is 0 Å². The second-order valence-electron chi connectivity index (χ2n) is 15.4. The van der Waals surface area contributed by atoms with E-state index in [4.69, 9.17) is 0 Å². The van der Waals surface area contributed by atoms with Gasteiger partial charge in [-0.3, -0.25) is 0 Å². The number of rotatable bonds is 21. The van der Waals surface area contributed by atoms with E-state index in [1.54, 1.807) is 5.56 Å². The van der Waals surface area contributed by atoms with Crippen molar-refractivity contribution in [1.29, 1.82) is 0 Å². The fraction of sp³-hybridized carbons (Fsp3) is 0.236. The van der Waals surface area contributed by atoms with Crippen molar-refractivity contribution in [2.75, 3.05) is 12.3 Å². The highest BCUT2D eigenvalue weighted by atomic mass is 31.1. The van der Waals surface area contributed by atoms with Crippen molar-refractivity contribution in [3.8, 4) is 0 Å². The van der Waals surface area contributed by atoms with E-state index < -0.39 is 0 Å². The summed E-state index contributed by atoms with van der Waals surface area (Å²) < 4.78 is 0. The lowest BCUT2D eigenvalue weighted by Gasteiger charge is -2.36. The summed E-state index contributed by atoms with van der Waals surface area (Å²) in [5, 5.41) is 0.681. The van der Waals surface area contributed by atoms with E-state index in [1.165, 1.54) is 84.2 Å². The van der Waals surface area contributed by atoms with Crippen LogP contribution in [0.3, 0.4) is 0 Å². The standard InChI is InChI=1S/C55H58P2/c1-10-28-46(29-11-1)53(56-44-26-8-24-42-54(47-30-12-2-13-31-47,48-32-14-3-15-33-48)49-34-16-4-17-35-49)57-45-27-9-25-43-55(50-36-18-5-19-37-50,51-38-20-6-21-39-51)52-40-22-7-23-41-52/h1-7,10-23,28-41,53,56-57H,8-9,24-27,42-45H2. The maximum absolute atomic E-state index is 2.38. The predicted molar refractivity (Wildman–Crippen MR) is 251 cm³/mol. The van der Waals surface area contributed by atoms with Gasteiger partial charge in [0.05, 0.1) is 0 Å². The zero-order chi connectivity index (χ0) is 38.9. The molecule has 0 aliphatic rings. The maximum atomic E-state index is 2.38. The Morgan fingerprint density at radius 1 is 0.281 bits per heavy atom. The molecule has 0 bridgehead atoms. The van der Waals surface area contributed by atoms with Crippen LogP contribution in [0.15, 0.2) is 212 Å². The minimum absolute atomic E-state index is 0.150. The number of hydrogen-bond acceptors (Lipinski definition) is 0. The number of hydrogen-bond donors (Lipinski definition) is 0. The van der Waals surface area contributed by atoms with Gasteiger partial charge in [0, 0.05) is 16.2 Å². The lowest BCUT2D eigenvalue weighted by atomic mass is 9.66. The highest BCUT2D eigenvalue weighted by Crippen LogP contribution is 2.50. The molecule has 0 N–H and O–H groups in total. The van der Waals surface area contributed by atoms with Gasteiger partial charge in [-0.1, -0.05) is 238 Å². The van der Waals surface area contributed by atoms with Crippen LogP contribution in [0, 0.1) is 0 Å². The van der Waals surface area contributed by atoms with E-state index in [9.17, 15) is 0 Å². The Kier molecular flexibility index (Phi) is 15.1. The Morgan fingerprint density at radius 3 is 0.789 bits per heavy atom. The molecular formula is C55H58P2. The van der Waals surface area contributed by atoms with Gasteiger partial charge in [-0.25, -0.2) is 0 Å². The zero-order valence-electron chi connectivity index (χ0n) is 33.4. The SMILES string of the molecule is c1ccc(C(PCCCCCC(c2ccccc2)(c2ccccc2)c2ccccc2)PCCCCCC(c2ccccc2)(c2ccccc2)c2ccccc2)cc1. The van der Waals surface area contributed by atoms with Gasteiger partial charge in [0.1, 0.15) is 0 Å². The second-order valence-corrected chi connectivity index (χ2v) is 18.9. The summed E-state index contributed by atoms with van der Waals surface area (Å²) in [4.78, 5) is 0. The summed E-state index contributed by atoms with van der Waals surface area (Å²) in [6, 6.07) is 78.7. The Balaban J connectivity index is 0.958. The molecule has 0 radical (unpaired) electrons. The van der Waals surface area contributed by atoms with Crippen molar-refractivity contribution >= 4 is 17.2 Å². The molecule has 7 rings (SSSR count). The summed E-state index contributed by atoms with van der Waals surface area (Å²) in [7, 11) is 1.95. The minimum Gasteiger partial charge on any atom is -0.110 e. The minimum atomic E-state index is -0.150. The van der Waals surface area contributed by atoms with E-state index in [1.807, 2.05) is 0 Å². The first kappa shape index (κ1) is 40.6. The van der Waals surface area contributed by atoms with Crippen LogP contribution < -0.4 is 0 Å². The quantitative estimate of drug-likeness (QED) is 0.0387. The average Bonchev–Trinajstić information content (AvgIpc) is 3.30. The largest absolute Gasteiger partial charge is 0.110 e. The van der Waals surface area contributed by atoms with Gasteiger partial charge in [-0.15, -0.1) is 17.2 Å². The summed E-state index contributed by atoms with van der Waals surface area (Å²) in [5.41, 5.74) is 9.58. The molecule has 2 heteroatoms. The fourth-order valence-electron chi connectivity index (χ4n) is 9.03. The molecule has 0 saturated heterocycles. The molecule has 288 valence electrons. The van der Waals surface area contributed by atoms with Crippen LogP contribution in [0.5, 0.6) is 0 Å². The van der Waals surface area contributed by atoms with Crippen molar-refractivity contribution in [3.63, 3.8) is 0 Å². The molecule has 2 atom stereocenters. The van der Waals surface area contributed by atoms with E-state index in [0.717, 1.165) is 30.0 Å². The van der Waals surface area contributed by atoms with Gasteiger partial charge in [-0.05, 0) is 77.0 Å². The van der Waals surface area contributed by atoms with Gasteiger partial charge in [0.25, 0.3) is 0 Å². The summed E-state index contributed by atoms with van der Waals surface area (Å²) >= 11 is 0. The van der Waals surface area contributed by atoms with Crippen LogP contribution in [0.4, 0.5) is 0 Å². The van der Waals surface area contributed by atoms with Crippen molar-refractivity contribution in [2.24, 2.45) is 0 Å². The zero-order valence-corrected chi connectivity index (χ0v) is 35.4. The molecule has 7 aromatic rings. The van der Waals surface area contributed by atoms with Gasteiger partial charge in [0.15, 0.2) is 0 Å². The Hall–Kier alpha value is -4.60. The Bertz CT molecular complexity index is 1790. The summed E-state index contributed by atoms with van der Waals surface area (Å²) in [6.45, 7) is 0. The topological polar surface area (TPSA) is 0 Å². The van der Waals surface area contributed by atoms with E-state index in [0.29, 0.717) is 5.40 Å². The third kappa shape index (κ3) is 10.1. The van der Waals surface area contributed by atoms with Crippen LogP contribution in [-0.4, -0.2) is 12.3 Å². The summed E-state index contributed by atoms with van der Waals surface area (Å²) in [5.74, 6) is 0. The molecule has 0 saturated carbocycles. The fourth-order valence-corrected chi connectivity index (χ4v) is 12.8. The Labute approximate surface area is 346 Å².